The first-order valence-corrected chi connectivity index (χ1v) is 23.4. The van der Waals surface area contributed by atoms with Crippen molar-refractivity contribution in [3.63, 3.8) is 0 Å². The molecule has 0 aromatic heterocycles. The van der Waals surface area contributed by atoms with Crippen molar-refractivity contribution < 1.29 is 47.8 Å². The molecule has 3 N–H and O–H groups in total. The van der Waals surface area contributed by atoms with E-state index >= 15 is 0 Å². The predicted octanol–water partition coefficient (Wildman–Crippen LogP) is 11.7. The average Bonchev–Trinajstić information content (AvgIpc) is 3.20. The SMILES string of the molecule is CC/C=C/C/C=C/C/C=C/C/C=C/C/C=C/CCCCCC(=O)OC[C@H](COP(=O)(O)OC[C@@H](O)CO)OC(=O)CCCC/C=C/CCCCCCCCCCC. The summed E-state index contributed by atoms with van der Waals surface area (Å²) < 4.78 is 32.7. The fourth-order valence-corrected chi connectivity index (χ4v) is 6.27. The summed E-state index contributed by atoms with van der Waals surface area (Å²) in [5, 5.41) is 18.3. The van der Waals surface area contributed by atoms with Gasteiger partial charge in [-0.25, -0.2) is 4.57 Å². The monoisotopic (exact) mass is 823 g/mol. The molecule has 0 spiro atoms. The van der Waals surface area contributed by atoms with Crippen LogP contribution in [0.15, 0.2) is 72.9 Å². The molecular formula is C46H79O10P. The van der Waals surface area contributed by atoms with Crippen molar-refractivity contribution in [1.82, 2.24) is 0 Å². The molecule has 11 heteroatoms. The van der Waals surface area contributed by atoms with Gasteiger partial charge in [0.25, 0.3) is 0 Å². The number of unbranched alkanes of at least 4 members (excludes halogenated alkanes) is 14. The minimum Gasteiger partial charge on any atom is -0.462 e. The fourth-order valence-electron chi connectivity index (χ4n) is 5.48. The Morgan fingerprint density at radius 1 is 0.544 bits per heavy atom. The Labute approximate surface area is 346 Å². The Balaban J connectivity index is 4.39. The van der Waals surface area contributed by atoms with Gasteiger partial charge in [-0.3, -0.25) is 18.6 Å². The molecule has 57 heavy (non-hydrogen) atoms. The second-order valence-electron chi connectivity index (χ2n) is 14.3. The van der Waals surface area contributed by atoms with Crippen LogP contribution in [0.2, 0.25) is 0 Å². The molecule has 0 saturated heterocycles. The Kier molecular flexibility index (Phi) is 39.7. The van der Waals surface area contributed by atoms with Gasteiger partial charge in [-0.15, -0.1) is 0 Å². The van der Waals surface area contributed by atoms with Crippen molar-refractivity contribution in [1.29, 1.82) is 0 Å². The largest absolute Gasteiger partial charge is 0.472 e. The lowest BCUT2D eigenvalue weighted by atomic mass is 10.1. The van der Waals surface area contributed by atoms with Crippen molar-refractivity contribution in [3.05, 3.63) is 72.9 Å². The van der Waals surface area contributed by atoms with Crippen molar-refractivity contribution >= 4 is 19.8 Å². The third-order valence-corrected chi connectivity index (χ3v) is 9.80. The van der Waals surface area contributed by atoms with Crippen LogP contribution in [0, 0.1) is 0 Å². The molecule has 10 nitrogen and oxygen atoms in total. The number of aliphatic hydroxyl groups is 2. The topological polar surface area (TPSA) is 149 Å². The Hall–Kier alpha value is -2.59. The van der Waals surface area contributed by atoms with Gasteiger partial charge in [0.2, 0.25) is 0 Å². The highest BCUT2D eigenvalue weighted by atomic mass is 31.2. The standard InChI is InChI=1S/C46H79O10P/c1-3-5-7-9-11-13-15-17-19-20-21-22-24-25-27-29-31-33-35-37-45(49)53-41-44(42-55-57(51,52)54-40-43(48)39-47)56-46(50)38-36-34-32-30-28-26-23-18-16-14-12-10-8-6-4-2/h5,7,11,13,17,19,21-22,25,27-28,30,43-44,47-48H,3-4,6,8-10,12,14-16,18,20,23-24,26,29,31-42H2,1-2H3,(H,51,52)/b7-5+,13-11+,19-17+,22-21+,27-25+,30-28+/t43-,44+/m0/s1. The molecule has 0 aromatic rings. The van der Waals surface area contributed by atoms with E-state index in [2.05, 4.69) is 91.3 Å². The molecule has 3 atom stereocenters. The molecule has 0 heterocycles. The highest BCUT2D eigenvalue weighted by Gasteiger charge is 2.27. The lowest BCUT2D eigenvalue weighted by molar-refractivity contribution is -0.161. The molecule has 0 radical (unpaired) electrons. The first-order valence-electron chi connectivity index (χ1n) is 21.9. The number of phosphoric acid groups is 1. The van der Waals surface area contributed by atoms with E-state index in [0.29, 0.717) is 12.8 Å². The summed E-state index contributed by atoms with van der Waals surface area (Å²) in [5.41, 5.74) is 0. The second-order valence-corrected chi connectivity index (χ2v) is 15.8. The number of ether oxygens (including phenoxy) is 2. The van der Waals surface area contributed by atoms with Gasteiger partial charge in [-0.2, -0.15) is 0 Å². The van der Waals surface area contributed by atoms with E-state index in [9.17, 15) is 24.2 Å². The van der Waals surface area contributed by atoms with Crippen molar-refractivity contribution in [2.75, 3.05) is 26.4 Å². The number of rotatable bonds is 40. The maximum absolute atomic E-state index is 12.6. The van der Waals surface area contributed by atoms with Crippen LogP contribution in [0.5, 0.6) is 0 Å². The molecule has 0 aliphatic carbocycles. The van der Waals surface area contributed by atoms with Crippen molar-refractivity contribution in [2.24, 2.45) is 0 Å². The maximum Gasteiger partial charge on any atom is 0.472 e. The van der Waals surface area contributed by atoms with Gasteiger partial charge in [0.05, 0.1) is 19.8 Å². The number of phosphoric ester groups is 1. The minimum absolute atomic E-state index is 0.143. The molecule has 0 aliphatic heterocycles. The predicted molar refractivity (Wildman–Crippen MR) is 233 cm³/mol. The smallest absolute Gasteiger partial charge is 0.462 e. The quantitative estimate of drug-likeness (QED) is 0.0236. The van der Waals surface area contributed by atoms with E-state index < -0.39 is 51.8 Å². The average molecular weight is 823 g/mol. The van der Waals surface area contributed by atoms with E-state index in [-0.39, 0.29) is 19.4 Å². The first-order chi connectivity index (χ1) is 27.7. The van der Waals surface area contributed by atoms with Crippen LogP contribution < -0.4 is 0 Å². The lowest BCUT2D eigenvalue weighted by Gasteiger charge is -2.20. The van der Waals surface area contributed by atoms with Gasteiger partial charge in [0, 0.05) is 12.8 Å². The molecule has 0 saturated carbocycles. The van der Waals surface area contributed by atoms with Gasteiger partial charge in [0.1, 0.15) is 12.7 Å². The van der Waals surface area contributed by atoms with Crippen molar-refractivity contribution in [2.45, 2.75) is 180 Å². The highest BCUT2D eigenvalue weighted by molar-refractivity contribution is 7.47. The summed E-state index contributed by atoms with van der Waals surface area (Å²) in [5.74, 6) is -0.993. The number of hydrogen-bond donors (Lipinski definition) is 3. The Morgan fingerprint density at radius 3 is 1.51 bits per heavy atom. The third kappa shape index (κ3) is 41.4. The lowest BCUT2D eigenvalue weighted by Crippen LogP contribution is -2.29. The summed E-state index contributed by atoms with van der Waals surface area (Å²) in [4.78, 5) is 35.0. The van der Waals surface area contributed by atoms with Crippen LogP contribution in [0.25, 0.3) is 0 Å². The molecule has 0 rings (SSSR count). The van der Waals surface area contributed by atoms with E-state index in [1.165, 1.54) is 57.8 Å². The van der Waals surface area contributed by atoms with Crippen LogP contribution in [0.3, 0.4) is 0 Å². The summed E-state index contributed by atoms with van der Waals surface area (Å²) in [6.45, 7) is 2.19. The number of carbonyl (C=O) groups excluding carboxylic acids is 2. The highest BCUT2D eigenvalue weighted by Crippen LogP contribution is 2.43. The first kappa shape index (κ1) is 54.4. The van der Waals surface area contributed by atoms with E-state index in [1.54, 1.807) is 0 Å². The van der Waals surface area contributed by atoms with E-state index in [0.717, 1.165) is 70.6 Å². The molecule has 0 amide bonds. The molecule has 0 aliphatic rings. The molecule has 0 bridgehead atoms. The summed E-state index contributed by atoms with van der Waals surface area (Å²) in [7, 11) is -4.63. The molecule has 0 fully saturated rings. The van der Waals surface area contributed by atoms with Crippen LogP contribution in [-0.2, 0) is 32.7 Å². The number of hydrogen-bond acceptors (Lipinski definition) is 9. The zero-order valence-electron chi connectivity index (χ0n) is 35.5. The van der Waals surface area contributed by atoms with Gasteiger partial charge in [-0.05, 0) is 83.5 Å². The van der Waals surface area contributed by atoms with E-state index in [4.69, 9.17) is 19.1 Å². The maximum atomic E-state index is 12.6. The fraction of sp³-hybridized carbons (Fsp3) is 0.696. The van der Waals surface area contributed by atoms with Gasteiger partial charge in [0.15, 0.2) is 6.10 Å². The zero-order valence-corrected chi connectivity index (χ0v) is 36.4. The Bertz CT molecular complexity index is 1180. The van der Waals surface area contributed by atoms with Crippen LogP contribution in [0.1, 0.15) is 168 Å². The van der Waals surface area contributed by atoms with Gasteiger partial charge in [-0.1, -0.05) is 145 Å². The summed E-state index contributed by atoms with van der Waals surface area (Å²) in [6, 6.07) is 0. The third-order valence-electron chi connectivity index (χ3n) is 8.84. The van der Waals surface area contributed by atoms with E-state index in [1.807, 2.05) is 0 Å². The molecule has 328 valence electrons. The number of allylic oxidation sites excluding steroid dienone is 12. The summed E-state index contributed by atoms with van der Waals surface area (Å²) >= 11 is 0. The zero-order chi connectivity index (χ0) is 41.9. The van der Waals surface area contributed by atoms with Gasteiger partial charge < -0.3 is 24.6 Å². The second kappa shape index (κ2) is 41.6. The molecule has 1 unspecified atom stereocenters. The summed E-state index contributed by atoms with van der Waals surface area (Å²) in [6.07, 6.45) is 47.3. The molecule has 0 aromatic carbocycles. The van der Waals surface area contributed by atoms with Gasteiger partial charge >= 0.3 is 19.8 Å². The van der Waals surface area contributed by atoms with Crippen LogP contribution in [-0.4, -0.2) is 65.7 Å². The number of esters is 2. The number of carbonyl (C=O) groups is 2. The molecular weight excluding hydrogens is 743 g/mol. The van der Waals surface area contributed by atoms with Crippen molar-refractivity contribution in [3.8, 4) is 0 Å². The normalized spacial score (nSPS) is 14.5. The van der Waals surface area contributed by atoms with Crippen LogP contribution >= 0.6 is 7.82 Å². The number of aliphatic hydroxyl groups excluding tert-OH is 2. The minimum atomic E-state index is -4.63. The van der Waals surface area contributed by atoms with Crippen LogP contribution in [0.4, 0.5) is 0 Å². The Morgan fingerprint density at radius 2 is 0.965 bits per heavy atom.